The number of carbonyl (C=O) groups is 1. The SMILES string of the molecule is COc1ccc(C)cc1-n1nnnc1SCC(=O)N(Cc1ccsc1)C1CC1. The molecule has 0 aliphatic heterocycles. The van der Waals surface area contributed by atoms with E-state index in [2.05, 4.69) is 27.0 Å². The molecule has 1 aliphatic carbocycles. The summed E-state index contributed by atoms with van der Waals surface area (Å²) in [6.45, 7) is 2.67. The van der Waals surface area contributed by atoms with Crippen molar-refractivity contribution in [2.75, 3.05) is 12.9 Å². The Hall–Kier alpha value is -2.39. The molecule has 4 rings (SSSR count). The maximum Gasteiger partial charge on any atom is 0.233 e. The van der Waals surface area contributed by atoms with E-state index in [0.29, 0.717) is 29.2 Å². The molecule has 0 atom stereocenters. The first-order chi connectivity index (χ1) is 13.7. The molecule has 1 fully saturated rings. The van der Waals surface area contributed by atoms with Gasteiger partial charge in [-0.25, -0.2) is 0 Å². The molecule has 0 radical (unpaired) electrons. The van der Waals surface area contributed by atoms with E-state index in [9.17, 15) is 4.79 Å². The maximum atomic E-state index is 12.9. The molecule has 28 heavy (non-hydrogen) atoms. The second-order valence-electron chi connectivity index (χ2n) is 6.72. The highest BCUT2D eigenvalue weighted by atomic mass is 32.2. The molecular formula is C19H21N5O2S2. The lowest BCUT2D eigenvalue weighted by atomic mass is 10.2. The van der Waals surface area contributed by atoms with E-state index >= 15 is 0 Å². The van der Waals surface area contributed by atoms with E-state index in [1.165, 1.54) is 17.3 Å². The topological polar surface area (TPSA) is 73.1 Å². The third-order valence-electron chi connectivity index (χ3n) is 4.57. The minimum atomic E-state index is 0.115. The van der Waals surface area contributed by atoms with Crippen LogP contribution in [0.25, 0.3) is 5.69 Å². The van der Waals surface area contributed by atoms with Crippen molar-refractivity contribution < 1.29 is 9.53 Å². The van der Waals surface area contributed by atoms with Crippen LogP contribution in [0.1, 0.15) is 24.0 Å². The van der Waals surface area contributed by atoms with Gasteiger partial charge in [-0.3, -0.25) is 4.79 Å². The number of hydrogen-bond acceptors (Lipinski definition) is 7. The summed E-state index contributed by atoms with van der Waals surface area (Å²) in [5.74, 6) is 1.10. The van der Waals surface area contributed by atoms with Crippen molar-refractivity contribution >= 4 is 29.0 Å². The molecule has 9 heteroatoms. The third kappa shape index (κ3) is 4.20. The smallest absolute Gasteiger partial charge is 0.233 e. The molecule has 1 saturated carbocycles. The van der Waals surface area contributed by atoms with Gasteiger partial charge in [-0.1, -0.05) is 17.8 Å². The molecule has 0 saturated heterocycles. The van der Waals surface area contributed by atoms with Crippen LogP contribution in [0.3, 0.4) is 0 Å². The van der Waals surface area contributed by atoms with Crippen molar-refractivity contribution in [3.63, 3.8) is 0 Å². The normalized spacial score (nSPS) is 13.5. The average molecular weight is 416 g/mol. The molecule has 1 amide bonds. The standard InChI is InChI=1S/C19H21N5O2S2/c1-13-3-6-17(26-2)16(9-13)24-19(20-21-22-24)28-12-18(25)23(15-4-5-15)10-14-7-8-27-11-14/h3,6-9,11,15H,4-5,10,12H2,1-2H3. The molecule has 0 unspecified atom stereocenters. The van der Waals surface area contributed by atoms with Gasteiger partial charge in [0.25, 0.3) is 0 Å². The minimum absolute atomic E-state index is 0.115. The first-order valence-electron chi connectivity index (χ1n) is 9.02. The Balaban J connectivity index is 1.48. The Bertz CT molecular complexity index is 953. The van der Waals surface area contributed by atoms with Crippen LogP contribution in [-0.2, 0) is 11.3 Å². The zero-order valence-electron chi connectivity index (χ0n) is 15.7. The van der Waals surface area contributed by atoms with Gasteiger partial charge < -0.3 is 9.64 Å². The van der Waals surface area contributed by atoms with Crippen molar-refractivity contribution in [1.29, 1.82) is 0 Å². The maximum absolute atomic E-state index is 12.9. The van der Waals surface area contributed by atoms with Gasteiger partial charge in [-0.15, -0.1) is 5.10 Å². The molecule has 2 aromatic heterocycles. The number of amides is 1. The van der Waals surface area contributed by atoms with Crippen LogP contribution < -0.4 is 4.74 Å². The van der Waals surface area contributed by atoms with E-state index in [4.69, 9.17) is 4.74 Å². The number of aryl methyl sites for hydroxylation is 1. The number of thioether (sulfide) groups is 1. The van der Waals surface area contributed by atoms with Crippen LogP contribution in [0.15, 0.2) is 40.2 Å². The molecule has 3 aromatic rings. The zero-order chi connectivity index (χ0) is 19.5. The average Bonchev–Trinajstić information content (AvgIpc) is 3.21. The Labute approximate surface area is 171 Å². The molecule has 7 nitrogen and oxygen atoms in total. The molecule has 1 aliphatic rings. The molecule has 2 heterocycles. The second kappa shape index (κ2) is 8.32. The Morgan fingerprint density at radius 3 is 2.96 bits per heavy atom. The van der Waals surface area contributed by atoms with Crippen LogP contribution in [-0.4, -0.2) is 49.9 Å². The summed E-state index contributed by atoms with van der Waals surface area (Å²) >= 11 is 3.01. The molecule has 1 aromatic carbocycles. The fourth-order valence-electron chi connectivity index (χ4n) is 2.98. The summed E-state index contributed by atoms with van der Waals surface area (Å²) in [4.78, 5) is 14.9. The Morgan fingerprint density at radius 2 is 2.25 bits per heavy atom. The summed E-state index contributed by atoms with van der Waals surface area (Å²) in [5.41, 5.74) is 3.03. The largest absolute Gasteiger partial charge is 0.494 e. The number of thiophene rings is 1. The Morgan fingerprint density at radius 1 is 1.39 bits per heavy atom. The lowest BCUT2D eigenvalue weighted by molar-refractivity contribution is -0.129. The number of tetrazole rings is 1. The summed E-state index contributed by atoms with van der Waals surface area (Å²) in [7, 11) is 1.62. The van der Waals surface area contributed by atoms with Crippen molar-refractivity contribution in [2.45, 2.75) is 37.5 Å². The monoisotopic (exact) mass is 415 g/mol. The second-order valence-corrected chi connectivity index (χ2v) is 8.44. The van der Waals surface area contributed by atoms with E-state index in [1.807, 2.05) is 35.4 Å². The van der Waals surface area contributed by atoms with Crippen LogP contribution in [0.5, 0.6) is 5.75 Å². The Kier molecular flexibility index (Phi) is 5.63. The summed E-state index contributed by atoms with van der Waals surface area (Å²) in [5, 5.41) is 16.7. The summed E-state index contributed by atoms with van der Waals surface area (Å²) in [6.07, 6.45) is 2.16. The van der Waals surface area contributed by atoms with Gasteiger partial charge in [0, 0.05) is 12.6 Å². The van der Waals surface area contributed by atoms with Crippen molar-refractivity contribution in [3.8, 4) is 11.4 Å². The number of aromatic nitrogens is 4. The summed E-state index contributed by atoms with van der Waals surface area (Å²) in [6, 6.07) is 8.27. The lowest BCUT2D eigenvalue weighted by Crippen LogP contribution is -2.33. The number of carbonyl (C=O) groups excluding carboxylic acids is 1. The van der Waals surface area contributed by atoms with Gasteiger partial charge in [-0.2, -0.15) is 16.0 Å². The van der Waals surface area contributed by atoms with Crippen LogP contribution in [0.4, 0.5) is 0 Å². The van der Waals surface area contributed by atoms with Crippen LogP contribution in [0.2, 0.25) is 0 Å². The quantitative estimate of drug-likeness (QED) is 0.526. The summed E-state index contributed by atoms with van der Waals surface area (Å²) < 4.78 is 7.07. The highest BCUT2D eigenvalue weighted by Crippen LogP contribution is 2.31. The van der Waals surface area contributed by atoms with Gasteiger partial charge >= 0.3 is 0 Å². The van der Waals surface area contributed by atoms with Crippen molar-refractivity contribution in [2.24, 2.45) is 0 Å². The van der Waals surface area contributed by atoms with Gasteiger partial charge in [0.05, 0.1) is 12.9 Å². The van der Waals surface area contributed by atoms with Crippen LogP contribution in [0, 0.1) is 6.92 Å². The predicted molar refractivity (Wildman–Crippen MR) is 109 cm³/mol. The van der Waals surface area contributed by atoms with E-state index < -0.39 is 0 Å². The molecule has 0 N–H and O–H groups in total. The number of benzene rings is 1. The van der Waals surface area contributed by atoms with E-state index in [1.54, 1.807) is 23.1 Å². The van der Waals surface area contributed by atoms with Gasteiger partial charge in [0.2, 0.25) is 11.1 Å². The lowest BCUT2D eigenvalue weighted by Gasteiger charge is -2.21. The number of methoxy groups -OCH3 is 1. The van der Waals surface area contributed by atoms with Crippen molar-refractivity contribution in [1.82, 2.24) is 25.1 Å². The molecular weight excluding hydrogens is 394 g/mol. The molecule has 0 spiro atoms. The highest BCUT2D eigenvalue weighted by Gasteiger charge is 2.32. The zero-order valence-corrected chi connectivity index (χ0v) is 17.4. The molecule has 0 bridgehead atoms. The van der Waals surface area contributed by atoms with Gasteiger partial charge in [0.1, 0.15) is 11.4 Å². The van der Waals surface area contributed by atoms with E-state index in [0.717, 1.165) is 24.1 Å². The predicted octanol–water partition coefficient (Wildman–Crippen LogP) is 3.32. The number of nitrogens with zero attached hydrogens (tertiary/aromatic N) is 5. The first-order valence-corrected chi connectivity index (χ1v) is 11.0. The highest BCUT2D eigenvalue weighted by molar-refractivity contribution is 7.99. The third-order valence-corrected chi connectivity index (χ3v) is 6.21. The number of ether oxygens (including phenoxy) is 1. The molecule has 146 valence electrons. The van der Waals surface area contributed by atoms with E-state index in [-0.39, 0.29) is 5.91 Å². The van der Waals surface area contributed by atoms with Crippen LogP contribution >= 0.6 is 23.1 Å². The number of rotatable bonds is 8. The fourth-order valence-corrected chi connectivity index (χ4v) is 4.41. The first kappa shape index (κ1) is 18.9. The minimum Gasteiger partial charge on any atom is -0.494 e. The fraction of sp³-hybridized carbons (Fsp3) is 0.368. The van der Waals surface area contributed by atoms with Gasteiger partial charge in [0.15, 0.2) is 0 Å². The van der Waals surface area contributed by atoms with Gasteiger partial charge in [-0.05, 0) is 70.3 Å². The van der Waals surface area contributed by atoms with Crippen molar-refractivity contribution in [3.05, 3.63) is 46.2 Å². The number of hydrogen-bond donors (Lipinski definition) is 0.